The Labute approximate surface area is 172 Å². The number of aryl methyl sites for hydroxylation is 1. The highest BCUT2D eigenvalue weighted by molar-refractivity contribution is 5.95. The summed E-state index contributed by atoms with van der Waals surface area (Å²) < 4.78 is 21.1. The normalized spacial score (nSPS) is 12.8. The molecular formula is C22H21FN4O3. The fraction of sp³-hybridized carbons (Fsp3) is 0.227. The highest BCUT2D eigenvalue weighted by atomic mass is 19.1. The number of nitrogens with zero attached hydrogens (tertiary/aromatic N) is 2. The highest BCUT2D eigenvalue weighted by Crippen LogP contribution is 2.26. The van der Waals surface area contributed by atoms with Gasteiger partial charge in [0.25, 0.3) is 5.91 Å². The number of carbonyl (C=O) groups is 2. The Morgan fingerprint density at radius 1 is 1.27 bits per heavy atom. The Bertz CT molecular complexity index is 1110. The number of amides is 2. The zero-order valence-electron chi connectivity index (χ0n) is 16.4. The summed E-state index contributed by atoms with van der Waals surface area (Å²) in [5.41, 5.74) is 3.07. The Morgan fingerprint density at radius 3 is 2.93 bits per heavy atom. The monoisotopic (exact) mass is 408 g/mol. The van der Waals surface area contributed by atoms with Crippen molar-refractivity contribution in [3.63, 3.8) is 0 Å². The summed E-state index contributed by atoms with van der Waals surface area (Å²) in [4.78, 5) is 23.9. The number of ether oxygens (including phenoxy) is 1. The van der Waals surface area contributed by atoms with Gasteiger partial charge in [0, 0.05) is 12.1 Å². The van der Waals surface area contributed by atoms with Crippen LogP contribution in [0.15, 0.2) is 48.7 Å². The molecule has 2 N–H and O–H groups in total. The van der Waals surface area contributed by atoms with E-state index >= 15 is 0 Å². The summed E-state index contributed by atoms with van der Waals surface area (Å²) in [5, 5.41) is 9.76. The van der Waals surface area contributed by atoms with Gasteiger partial charge in [-0.1, -0.05) is 12.1 Å². The molecule has 0 aliphatic carbocycles. The summed E-state index contributed by atoms with van der Waals surface area (Å²) in [6.07, 6.45) is 2.57. The van der Waals surface area contributed by atoms with Gasteiger partial charge in [0.15, 0.2) is 0 Å². The van der Waals surface area contributed by atoms with Crippen molar-refractivity contribution in [3.8, 4) is 11.4 Å². The Hall–Kier alpha value is -3.68. The first-order valence-corrected chi connectivity index (χ1v) is 9.66. The second kappa shape index (κ2) is 8.36. The SMILES string of the molecule is Cc1c(C(=O)NCCOc2ccc3c(c2)CCC(=O)N3)cnn1-c1ccccc1F. The van der Waals surface area contributed by atoms with Crippen LogP contribution in [0.3, 0.4) is 0 Å². The van der Waals surface area contributed by atoms with E-state index in [9.17, 15) is 14.0 Å². The first kappa shape index (κ1) is 19.6. The summed E-state index contributed by atoms with van der Waals surface area (Å²) in [6, 6.07) is 11.8. The number of hydrogen-bond donors (Lipinski definition) is 2. The van der Waals surface area contributed by atoms with Crippen LogP contribution >= 0.6 is 0 Å². The molecule has 154 valence electrons. The van der Waals surface area contributed by atoms with Crippen LogP contribution in [-0.4, -0.2) is 34.7 Å². The third-order valence-electron chi connectivity index (χ3n) is 4.96. The van der Waals surface area contributed by atoms with Crippen molar-refractivity contribution in [3.05, 3.63) is 71.3 Å². The largest absolute Gasteiger partial charge is 0.492 e. The Morgan fingerprint density at radius 2 is 2.10 bits per heavy atom. The molecule has 0 saturated carbocycles. The number of rotatable bonds is 6. The predicted octanol–water partition coefficient (Wildman–Crippen LogP) is 3.01. The number of halogens is 1. The number of carbonyl (C=O) groups excluding carboxylic acids is 2. The van der Waals surface area contributed by atoms with E-state index in [0.29, 0.717) is 42.1 Å². The molecule has 0 atom stereocenters. The lowest BCUT2D eigenvalue weighted by molar-refractivity contribution is -0.116. The number of anilines is 1. The lowest BCUT2D eigenvalue weighted by atomic mass is 10.0. The molecule has 0 bridgehead atoms. The van der Waals surface area contributed by atoms with Crippen molar-refractivity contribution in [2.24, 2.45) is 0 Å². The van der Waals surface area contributed by atoms with Gasteiger partial charge in [0.2, 0.25) is 5.91 Å². The zero-order valence-corrected chi connectivity index (χ0v) is 16.4. The number of para-hydroxylation sites is 1. The Kier molecular flexibility index (Phi) is 5.47. The number of nitrogens with one attached hydrogen (secondary N) is 2. The van der Waals surface area contributed by atoms with E-state index in [1.807, 2.05) is 12.1 Å². The molecule has 2 amide bonds. The van der Waals surface area contributed by atoms with Crippen molar-refractivity contribution in [2.45, 2.75) is 19.8 Å². The minimum Gasteiger partial charge on any atom is -0.492 e. The molecule has 0 fully saturated rings. The average molecular weight is 408 g/mol. The van der Waals surface area contributed by atoms with Gasteiger partial charge in [-0.3, -0.25) is 9.59 Å². The van der Waals surface area contributed by atoms with Crippen molar-refractivity contribution in [1.29, 1.82) is 0 Å². The van der Waals surface area contributed by atoms with Gasteiger partial charge < -0.3 is 15.4 Å². The van der Waals surface area contributed by atoms with Gasteiger partial charge >= 0.3 is 0 Å². The van der Waals surface area contributed by atoms with E-state index in [4.69, 9.17) is 4.74 Å². The lowest BCUT2D eigenvalue weighted by Crippen LogP contribution is -2.28. The van der Waals surface area contributed by atoms with Crippen molar-refractivity contribution in [2.75, 3.05) is 18.5 Å². The molecule has 0 spiro atoms. The van der Waals surface area contributed by atoms with Gasteiger partial charge in [0.1, 0.15) is 23.9 Å². The van der Waals surface area contributed by atoms with E-state index in [-0.39, 0.29) is 18.4 Å². The summed E-state index contributed by atoms with van der Waals surface area (Å²) >= 11 is 0. The smallest absolute Gasteiger partial charge is 0.254 e. The molecule has 1 aliphatic heterocycles. The summed E-state index contributed by atoms with van der Waals surface area (Å²) in [6.45, 7) is 2.31. The molecule has 8 heteroatoms. The van der Waals surface area contributed by atoms with Crippen molar-refractivity contribution in [1.82, 2.24) is 15.1 Å². The van der Waals surface area contributed by atoms with Crippen LogP contribution in [0.1, 0.15) is 28.0 Å². The van der Waals surface area contributed by atoms with E-state index < -0.39 is 5.82 Å². The van der Waals surface area contributed by atoms with Gasteiger partial charge in [-0.05, 0) is 49.2 Å². The molecule has 3 aromatic rings. The van der Waals surface area contributed by atoms with Crippen LogP contribution in [0.2, 0.25) is 0 Å². The molecule has 2 heterocycles. The van der Waals surface area contributed by atoms with Crippen molar-refractivity contribution >= 4 is 17.5 Å². The molecule has 7 nitrogen and oxygen atoms in total. The van der Waals surface area contributed by atoms with E-state index in [1.54, 1.807) is 31.2 Å². The minimum atomic E-state index is -0.409. The van der Waals surface area contributed by atoms with Gasteiger partial charge in [0.05, 0.1) is 24.0 Å². The van der Waals surface area contributed by atoms with E-state index in [1.165, 1.54) is 16.9 Å². The van der Waals surface area contributed by atoms with Gasteiger partial charge in [-0.2, -0.15) is 5.10 Å². The lowest BCUT2D eigenvalue weighted by Gasteiger charge is -2.17. The summed E-state index contributed by atoms with van der Waals surface area (Å²) in [5.74, 6) is -0.00397. The van der Waals surface area contributed by atoms with Crippen molar-refractivity contribution < 1.29 is 18.7 Å². The predicted molar refractivity (Wildman–Crippen MR) is 109 cm³/mol. The van der Waals surface area contributed by atoms with E-state index in [0.717, 1.165) is 11.3 Å². The van der Waals surface area contributed by atoms with Crippen LogP contribution in [0, 0.1) is 12.7 Å². The van der Waals surface area contributed by atoms with Gasteiger partial charge in [-0.15, -0.1) is 0 Å². The van der Waals surface area contributed by atoms with Crippen LogP contribution in [0.25, 0.3) is 5.69 Å². The Balaban J connectivity index is 1.33. The first-order valence-electron chi connectivity index (χ1n) is 9.66. The standard InChI is InChI=1S/C22H21FN4O3/c1-14-17(13-25-27(14)20-5-3-2-4-18(20)23)22(29)24-10-11-30-16-7-8-19-15(12-16)6-9-21(28)26-19/h2-5,7-8,12-13H,6,9-11H2,1H3,(H,24,29)(H,26,28). The highest BCUT2D eigenvalue weighted by Gasteiger charge is 2.17. The first-order chi connectivity index (χ1) is 14.5. The third-order valence-corrected chi connectivity index (χ3v) is 4.96. The van der Waals surface area contributed by atoms with E-state index in [2.05, 4.69) is 15.7 Å². The molecule has 1 aromatic heterocycles. The van der Waals surface area contributed by atoms with Crippen LogP contribution in [-0.2, 0) is 11.2 Å². The fourth-order valence-corrected chi connectivity index (χ4v) is 3.38. The van der Waals surface area contributed by atoms with Gasteiger partial charge in [-0.25, -0.2) is 9.07 Å². The molecule has 30 heavy (non-hydrogen) atoms. The van der Waals surface area contributed by atoms with Crippen LogP contribution in [0.5, 0.6) is 5.75 Å². The molecule has 1 aliphatic rings. The fourth-order valence-electron chi connectivity index (χ4n) is 3.38. The maximum absolute atomic E-state index is 14.0. The molecular weight excluding hydrogens is 387 g/mol. The summed E-state index contributed by atoms with van der Waals surface area (Å²) in [7, 11) is 0. The maximum atomic E-state index is 14.0. The second-order valence-corrected chi connectivity index (χ2v) is 6.98. The zero-order chi connectivity index (χ0) is 21.1. The minimum absolute atomic E-state index is 0.0208. The molecule has 0 unspecified atom stereocenters. The number of aromatic nitrogens is 2. The molecule has 2 aromatic carbocycles. The molecule has 0 radical (unpaired) electrons. The number of hydrogen-bond acceptors (Lipinski definition) is 4. The molecule has 4 rings (SSSR count). The number of benzene rings is 2. The topological polar surface area (TPSA) is 85.2 Å². The van der Waals surface area contributed by atoms with Crippen LogP contribution in [0.4, 0.5) is 10.1 Å². The third kappa shape index (κ3) is 4.03. The number of fused-ring (bicyclic) bond motifs is 1. The maximum Gasteiger partial charge on any atom is 0.254 e. The molecule has 0 saturated heterocycles. The average Bonchev–Trinajstić information content (AvgIpc) is 3.12. The van der Waals surface area contributed by atoms with Crippen LogP contribution < -0.4 is 15.4 Å². The second-order valence-electron chi connectivity index (χ2n) is 6.98. The quantitative estimate of drug-likeness (QED) is 0.614.